The van der Waals surface area contributed by atoms with Crippen LogP contribution in [-0.2, 0) is 17.6 Å². The molecule has 4 rings (SSSR count). The van der Waals surface area contributed by atoms with Gasteiger partial charge in [0.2, 0.25) is 0 Å². The normalized spacial score (nSPS) is 20.2. The predicted molar refractivity (Wildman–Crippen MR) is 146 cm³/mol. The number of nitrogens with zero attached hydrogens (tertiary/aromatic N) is 2. The van der Waals surface area contributed by atoms with Gasteiger partial charge in [0.05, 0.1) is 10.0 Å². The number of hydrogen-bond donors (Lipinski definition) is 1. The molecule has 0 spiro atoms. The summed E-state index contributed by atoms with van der Waals surface area (Å²) in [6, 6.07) is 13.7. The Morgan fingerprint density at radius 2 is 1.69 bits per heavy atom. The molecule has 0 unspecified atom stereocenters. The Kier molecular flexibility index (Phi) is 9.21. The monoisotopic (exact) mass is 532 g/mol. The first-order valence-electron chi connectivity index (χ1n) is 13.2. The first kappa shape index (κ1) is 27.3. The van der Waals surface area contributed by atoms with E-state index in [2.05, 4.69) is 16.7 Å². The van der Waals surface area contributed by atoms with E-state index in [1.807, 2.05) is 49.4 Å². The summed E-state index contributed by atoms with van der Waals surface area (Å²) < 4.78 is 6.34. The highest BCUT2D eigenvalue weighted by Crippen LogP contribution is 2.35. The molecule has 0 aromatic heterocycles. The quantitative estimate of drug-likeness (QED) is 0.416. The number of piperidine rings is 2. The largest absolute Gasteiger partial charge is 0.490 e. The van der Waals surface area contributed by atoms with Crippen molar-refractivity contribution in [3.8, 4) is 5.75 Å². The lowest BCUT2D eigenvalue weighted by molar-refractivity contribution is -0.151. The number of carboxylic acids is 1. The molecule has 1 N–H and O–H groups in total. The highest BCUT2D eigenvalue weighted by molar-refractivity contribution is 6.42. The van der Waals surface area contributed by atoms with Gasteiger partial charge in [0.15, 0.2) is 0 Å². The zero-order chi connectivity index (χ0) is 25.7. The minimum absolute atomic E-state index is 0.194. The molecule has 2 aromatic carbocycles. The molecule has 0 saturated carbocycles. The number of ether oxygens (including phenoxy) is 1. The fraction of sp³-hybridized carbons (Fsp3) is 0.552. The molecule has 0 bridgehead atoms. The summed E-state index contributed by atoms with van der Waals surface area (Å²) in [7, 11) is 0. The third kappa shape index (κ3) is 6.36. The number of rotatable bonds is 9. The van der Waals surface area contributed by atoms with Gasteiger partial charge in [-0.1, -0.05) is 60.5 Å². The molecule has 2 aliphatic rings. The molecule has 2 saturated heterocycles. The van der Waals surface area contributed by atoms with Crippen LogP contribution in [-0.4, -0.2) is 65.2 Å². The summed E-state index contributed by atoms with van der Waals surface area (Å²) in [4.78, 5) is 17.0. The lowest BCUT2D eigenvalue weighted by Gasteiger charge is -2.43. The van der Waals surface area contributed by atoms with Crippen molar-refractivity contribution in [2.24, 2.45) is 5.92 Å². The van der Waals surface area contributed by atoms with Crippen molar-refractivity contribution in [2.45, 2.75) is 64.0 Å². The van der Waals surface area contributed by atoms with Gasteiger partial charge in [-0.05, 0) is 75.7 Å². The van der Waals surface area contributed by atoms with E-state index in [4.69, 9.17) is 27.9 Å². The van der Waals surface area contributed by atoms with E-state index < -0.39 is 11.5 Å². The molecular weight excluding hydrogens is 495 g/mol. The first-order chi connectivity index (χ1) is 17.3. The van der Waals surface area contributed by atoms with E-state index in [-0.39, 0.29) is 6.10 Å². The van der Waals surface area contributed by atoms with E-state index in [9.17, 15) is 9.90 Å². The Labute approximate surface area is 225 Å². The van der Waals surface area contributed by atoms with Gasteiger partial charge in [-0.2, -0.15) is 0 Å². The highest BCUT2D eigenvalue weighted by atomic mass is 35.5. The third-order valence-electron chi connectivity index (χ3n) is 8.02. The molecule has 0 amide bonds. The van der Waals surface area contributed by atoms with Crippen LogP contribution in [0.4, 0.5) is 0 Å². The molecular formula is C29H38Cl2N2O3. The number of likely N-dealkylation sites (tertiary alicyclic amines) is 2. The molecule has 0 radical (unpaired) electrons. The SMILES string of the molecule is CCc1c(OC2CCN(CC3CCN([C@@](C)(Cc4ccccc4)C(=O)O)CC3)CC2)ccc(Cl)c1Cl. The number of carbonyl (C=O) groups is 1. The summed E-state index contributed by atoms with van der Waals surface area (Å²) in [5.41, 5.74) is 1.18. The van der Waals surface area contributed by atoms with Crippen molar-refractivity contribution in [1.29, 1.82) is 0 Å². The number of carboxylic acid groups (broad SMARTS) is 1. The lowest BCUT2D eigenvalue weighted by Crippen LogP contribution is -2.57. The van der Waals surface area contributed by atoms with Gasteiger partial charge in [0.25, 0.3) is 0 Å². The minimum atomic E-state index is -0.871. The maximum absolute atomic E-state index is 12.3. The van der Waals surface area contributed by atoms with E-state index in [1.54, 1.807) is 0 Å². The summed E-state index contributed by atoms with van der Waals surface area (Å²) >= 11 is 12.6. The Bertz CT molecular complexity index is 1020. The van der Waals surface area contributed by atoms with Crippen LogP contribution in [0.3, 0.4) is 0 Å². The van der Waals surface area contributed by atoms with Gasteiger partial charge >= 0.3 is 5.97 Å². The molecule has 2 heterocycles. The summed E-state index contributed by atoms with van der Waals surface area (Å²) in [5.74, 6) is 0.727. The molecule has 7 heteroatoms. The molecule has 2 aromatic rings. The molecule has 36 heavy (non-hydrogen) atoms. The number of hydrogen-bond acceptors (Lipinski definition) is 4. The molecule has 2 fully saturated rings. The van der Waals surface area contributed by atoms with Crippen molar-refractivity contribution in [3.63, 3.8) is 0 Å². The third-order valence-corrected chi connectivity index (χ3v) is 8.86. The smallest absolute Gasteiger partial charge is 0.324 e. The molecule has 5 nitrogen and oxygen atoms in total. The Hall–Kier alpha value is -1.79. The van der Waals surface area contributed by atoms with Crippen LogP contribution < -0.4 is 4.74 Å². The minimum Gasteiger partial charge on any atom is -0.490 e. The average Bonchev–Trinajstić information content (AvgIpc) is 2.88. The maximum atomic E-state index is 12.3. The first-order valence-corrected chi connectivity index (χ1v) is 13.9. The molecule has 1 atom stereocenters. The van der Waals surface area contributed by atoms with E-state index >= 15 is 0 Å². The van der Waals surface area contributed by atoms with Crippen LogP contribution in [0.5, 0.6) is 5.75 Å². The van der Waals surface area contributed by atoms with Crippen molar-refractivity contribution in [1.82, 2.24) is 9.80 Å². The Morgan fingerprint density at radius 1 is 1.03 bits per heavy atom. The van der Waals surface area contributed by atoms with Crippen LogP contribution in [0.25, 0.3) is 0 Å². The highest BCUT2D eigenvalue weighted by Gasteiger charge is 2.41. The number of benzene rings is 2. The zero-order valence-corrected chi connectivity index (χ0v) is 22.9. The Morgan fingerprint density at radius 3 is 2.31 bits per heavy atom. The summed E-state index contributed by atoms with van der Waals surface area (Å²) in [5, 5.41) is 11.3. The van der Waals surface area contributed by atoms with Crippen LogP contribution in [0.15, 0.2) is 42.5 Å². The second-order valence-corrected chi connectivity index (χ2v) is 11.3. The van der Waals surface area contributed by atoms with Gasteiger partial charge in [-0.25, -0.2) is 0 Å². The Balaban J connectivity index is 1.25. The number of halogens is 2. The van der Waals surface area contributed by atoms with Gasteiger partial charge in [-0.15, -0.1) is 0 Å². The number of aliphatic carboxylic acids is 1. The molecule has 2 aliphatic heterocycles. The van der Waals surface area contributed by atoms with Crippen LogP contribution in [0, 0.1) is 5.92 Å². The summed E-state index contributed by atoms with van der Waals surface area (Å²) in [6.45, 7) is 8.73. The molecule has 196 valence electrons. The van der Waals surface area contributed by atoms with Gasteiger partial charge in [0, 0.05) is 31.6 Å². The summed E-state index contributed by atoms with van der Waals surface area (Å²) in [6.07, 6.45) is 5.58. The fourth-order valence-corrected chi connectivity index (χ4v) is 6.16. The van der Waals surface area contributed by atoms with Crippen LogP contribution in [0.2, 0.25) is 10.0 Å². The van der Waals surface area contributed by atoms with Crippen molar-refractivity contribution in [2.75, 3.05) is 32.7 Å². The average molecular weight is 534 g/mol. The van der Waals surface area contributed by atoms with Crippen LogP contribution in [0.1, 0.15) is 50.7 Å². The topological polar surface area (TPSA) is 53.0 Å². The van der Waals surface area contributed by atoms with Crippen molar-refractivity contribution < 1.29 is 14.6 Å². The van der Waals surface area contributed by atoms with Gasteiger partial charge in [0.1, 0.15) is 17.4 Å². The van der Waals surface area contributed by atoms with E-state index in [0.29, 0.717) is 22.4 Å². The van der Waals surface area contributed by atoms with Gasteiger partial charge < -0.3 is 14.7 Å². The van der Waals surface area contributed by atoms with E-state index in [0.717, 1.165) is 81.7 Å². The van der Waals surface area contributed by atoms with Gasteiger partial charge in [-0.3, -0.25) is 9.69 Å². The zero-order valence-electron chi connectivity index (χ0n) is 21.4. The van der Waals surface area contributed by atoms with E-state index in [1.165, 1.54) is 0 Å². The standard InChI is InChI=1S/C29H38Cl2N2O3/c1-3-24-26(10-9-25(30)27(24)31)36-23-13-15-32(16-14-23)20-22-11-17-33(18-12-22)29(2,28(34)35)19-21-7-5-4-6-8-21/h4-10,22-23H,3,11-20H2,1-2H3,(H,34,35)/t29-/m0/s1. The van der Waals surface area contributed by atoms with Crippen molar-refractivity contribution >= 4 is 29.2 Å². The predicted octanol–water partition coefficient (Wildman–Crippen LogP) is 6.20. The lowest BCUT2D eigenvalue weighted by atomic mass is 9.86. The van der Waals surface area contributed by atoms with Crippen LogP contribution >= 0.6 is 23.2 Å². The fourth-order valence-electron chi connectivity index (χ4n) is 5.69. The second kappa shape index (κ2) is 12.2. The molecule has 0 aliphatic carbocycles. The second-order valence-electron chi connectivity index (χ2n) is 10.5. The maximum Gasteiger partial charge on any atom is 0.324 e. The van der Waals surface area contributed by atoms with Crippen molar-refractivity contribution in [3.05, 3.63) is 63.6 Å².